The van der Waals surface area contributed by atoms with Crippen LogP contribution in [0.5, 0.6) is 0 Å². The predicted octanol–water partition coefficient (Wildman–Crippen LogP) is 19.3. The van der Waals surface area contributed by atoms with E-state index >= 15 is 0 Å². The fourth-order valence-corrected chi connectivity index (χ4v) is 10.7. The number of amidine groups is 1. The van der Waals surface area contributed by atoms with Gasteiger partial charge in [-0.2, -0.15) is 0 Å². The first kappa shape index (κ1) is 50.0. The first-order chi connectivity index (χ1) is 40.0. The molecule has 1 aliphatic heterocycles. The van der Waals surface area contributed by atoms with Gasteiger partial charge in [0.05, 0.1) is 11.4 Å². The van der Waals surface area contributed by atoms with Gasteiger partial charge in [-0.1, -0.05) is 279 Å². The molecular weight excluding hydrogens is 983 g/mol. The van der Waals surface area contributed by atoms with Crippen LogP contribution in [-0.4, -0.2) is 26.5 Å². The summed E-state index contributed by atoms with van der Waals surface area (Å²) in [7, 11) is 0. The van der Waals surface area contributed by atoms with Crippen molar-refractivity contribution < 1.29 is 0 Å². The maximum Gasteiger partial charge on any atom is 0.164 e. The highest BCUT2D eigenvalue weighted by molar-refractivity contribution is 6.14. The molecule has 1 aliphatic rings. The van der Waals surface area contributed by atoms with Crippen LogP contribution >= 0.6 is 0 Å². The molecule has 81 heavy (non-hydrogen) atoms. The number of allylic oxidation sites excluding steroid dienone is 1. The molecule has 13 rings (SSSR count). The van der Waals surface area contributed by atoms with E-state index in [1.165, 1.54) is 22.3 Å². The monoisotopic (exact) mass is 1040 g/mol. The van der Waals surface area contributed by atoms with E-state index < -0.39 is 0 Å². The zero-order valence-electron chi connectivity index (χ0n) is 44.9. The van der Waals surface area contributed by atoms with Crippen molar-refractivity contribution in [3.63, 3.8) is 0 Å². The molecule has 0 saturated carbocycles. The van der Waals surface area contributed by atoms with Crippen molar-refractivity contribution in [3.8, 4) is 101 Å². The second kappa shape index (κ2) is 22.8. The Morgan fingerprint density at radius 1 is 0.235 bits per heavy atom. The molecule has 5 heteroatoms. The molecule has 2 heterocycles. The Hall–Kier alpha value is -10.5. The lowest BCUT2D eigenvalue weighted by Crippen LogP contribution is -2.11. The maximum absolute atomic E-state index is 5.52. The van der Waals surface area contributed by atoms with Gasteiger partial charge in [0.25, 0.3) is 0 Å². The molecule has 0 bridgehead atoms. The summed E-state index contributed by atoms with van der Waals surface area (Å²) in [6.07, 6.45) is 1.56. The molecule has 12 aromatic rings. The number of aromatic nitrogens is 3. The van der Waals surface area contributed by atoms with Crippen molar-refractivity contribution in [2.75, 3.05) is 0 Å². The van der Waals surface area contributed by atoms with E-state index in [2.05, 4.69) is 286 Å². The topological polar surface area (TPSA) is 63.4 Å². The molecule has 0 unspecified atom stereocenters. The third-order valence-electron chi connectivity index (χ3n) is 15.1. The number of aliphatic imine (C=N–C) groups is 2. The highest BCUT2D eigenvalue weighted by atomic mass is 15.0. The van der Waals surface area contributed by atoms with Gasteiger partial charge in [-0.05, 0) is 110 Å². The Kier molecular flexibility index (Phi) is 14.1. The molecule has 11 aromatic carbocycles. The Bertz CT molecular complexity index is 4160. The van der Waals surface area contributed by atoms with Gasteiger partial charge in [0.1, 0.15) is 0 Å². The van der Waals surface area contributed by atoms with Crippen molar-refractivity contribution in [1.82, 2.24) is 15.0 Å². The molecular formula is C76H55N5. The van der Waals surface area contributed by atoms with Crippen LogP contribution in [-0.2, 0) is 0 Å². The highest BCUT2D eigenvalue weighted by Gasteiger charge is 2.19. The van der Waals surface area contributed by atoms with E-state index in [-0.39, 0.29) is 0 Å². The first-order valence-electron chi connectivity index (χ1n) is 27.6. The molecule has 0 saturated heterocycles. The van der Waals surface area contributed by atoms with Crippen LogP contribution in [0.3, 0.4) is 0 Å². The molecule has 5 nitrogen and oxygen atoms in total. The van der Waals surface area contributed by atoms with Crippen LogP contribution in [0.25, 0.3) is 107 Å². The maximum atomic E-state index is 5.52. The lowest BCUT2D eigenvalue weighted by molar-refractivity contribution is 1.00. The second-order valence-electron chi connectivity index (χ2n) is 20.4. The molecule has 0 radical (unpaired) electrons. The van der Waals surface area contributed by atoms with E-state index in [9.17, 15) is 0 Å². The second-order valence-corrected chi connectivity index (χ2v) is 20.4. The summed E-state index contributed by atoms with van der Waals surface area (Å²) >= 11 is 0. The average molecular weight is 1040 g/mol. The minimum absolute atomic E-state index is 0.599. The Balaban J connectivity index is 0.854. The summed E-state index contributed by atoms with van der Waals surface area (Å²) in [5.74, 6) is 2.50. The molecule has 0 spiro atoms. The van der Waals surface area contributed by atoms with Crippen LogP contribution < -0.4 is 0 Å². The van der Waals surface area contributed by atoms with E-state index in [4.69, 9.17) is 24.9 Å². The lowest BCUT2D eigenvalue weighted by atomic mass is 9.91. The zero-order valence-corrected chi connectivity index (χ0v) is 44.9. The van der Waals surface area contributed by atoms with Crippen molar-refractivity contribution in [2.24, 2.45) is 9.98 Å². The van der Waals surface area contributed by atoms with Gasteiger partial charge >= 0.3 is 0 Å². The summed E-state index contributed by atoms with van der Waals surface area (Å²) in [5.41, 5.74) is 22.6. The van der Waals surface area contributed by atoms with Crippen molar-refractivity contribution >= 4 is 17.2 Å². The molecule has 384 valence electrons. The third-order valence-corrected chi connectivity index (χ3v) is 15.1. The smallest absolute Gasteiger partial charge is 0.164 e. The quantitative estimate of drug-likeness (QED) is 0.122. The van der Waals surface area contributed by atoms with E-state index in [1.54, 1.807) is 0 Å². The Morgan fingerprint density at radius 2 is 0.543 bits per heavy atom. The predicted molar refractivity (Wildman–Crippen MR) is 337 cm³/mol. The summed E-state index contributed by atoms with van der Waals surface area (Å²) in [6, 6.07) is 102. The minimum Gasteiger partial charge on any atom is -0.232 e. The highest BCUT2D eigenvalue weighted by Crippen LogP contribution is 2.37. The van der Waals surface area contributed by atoms with Crippen molar-refractivity contribution in [2.45, 2.75) is 19.8 Å². The summed E-state index contributed by atoms with van der Waals surface area (Å²) in [5, 5.41) is 0. The fourth-order valence-electron chi connectivity index (χ4n) is 10.7. The normalized spacial score (nSPS) is 14.7. The van der Waals surface area contributed by atoms with Crippen LogP contribution in [0, 0.1) is 0 Å². The summed E-state index contributed by atoms with van der Waals surface area (Å²) in [6.45, 7) is 2.22. The number of rotatable bonds is 12. The minimum atomic E-state index is 0.599. The Morgan fingerprint density at radius 3 is 0.975 bits per heavy atom. The van der Waals surface area contributed by atoms with Gasteiger partial charge in [0.2, 0.25) is 0 Å². The van der Waals surface area contributed by atoms with Crippen LogP contribution in [0.4, 0.5) is 0 Å². The van der Waals surface area contributed by atoms with E-state index in [1.807, 2.05) is 12.1 Å². The van der Waals surface area contributed by atoms with Crippen molar-refractivity contribution in [3.05, 3.63) is 313 Å². The lowest BCUT2D eigenvalue weighted by Gasteiger charge is -2.18. The van der Waals surface area contributed by atoms with Gasteiger partial charge in [-0.15, -0.1) is 0 Å². The summed E-state index contributed by atoms with van der Waals surface area (Å²) < 4.78 is 0. The molecule has 0 N–H and O–H groups in total. The van der Waals surface area contributed by atoms with E-state index in [0.29, 0.717) is 23.3 Å². The van der Waals surface area contributed by atoms with Gasteiger partial charge in [-0.25, -0.2) is 24.9 Å². The molecule has 0 fully saturated rings. The van der Waals surface area contributed by atoms with E-state index in [0.717, 1.165) is 108 Å². The van der Waals surface area contributed by atoms with Crippen LogP contribution in [0.2, 0.25) is 0 Å². The van der Waals surface area contributed by atoms with Crippen LogP contribution in [0.1, 0.15) is 36.5 Å². The zero-order chi connectivity index (χ0) is 54.3. The number of benzene rings is 11. The molecule has 0 amide bonds. The van der Waals surface area contributed by atoms with Crippen LogP contribution in [0.15, 0.2) is 307 Å². The summed E-state index contributed by atoms with van der Waals surface area (Å²) in [4.78, 5) is 26.5. The van der Waals surface area contributed by atoms with Gasteiger partial charge < -0.3 is 0 Å². The first-order valence-corrected chi connectivity index (χ1v) is 27.6. The number of hydrogen-bond acceptors (Lipinski definition) is 5. The average Bonchev–Trinajstić information content (AvgIpc) is 3.56. The van der Waals surface area contributed by atoms with Gasteiger partial charge in [-0.3, -0.25) is 0 Å². The Labute approximate surface area is 473 Å². The number of nitrogens with zero attached hydrogens (tertiary/aromatic N) is 5. The molecule has 1 aromatic heterocycles. The van der Waals surface area contributed by atoms with Gasteiger partial charge in [0, 0.05) is 27.8 Å². The fraction of sp³-hybridized carbons (Fsp3) is 0.0395. The third kappa shape index (κ3) is 11.0. The van der Waals surface area contributed by atoms with Crippen molar-refractivity contribution in [1.29, 1.82) is 0 Å². The molecule has 0 aliphatic carbocycles. The van der Waals surface area contributed by atoms with Gasteiger partial charge in [0.15, 0.2) is 23.3 Å². The number of hydrogen-bond donors (Lipinski definition) is 0. The molecule has 0 atom stereocenters. The SMILES string of the molecule is C/C1=C(c2ccc(-c3ccccc3)cc2)/N=C(c2ccc(-c3ccccc3)cc2)\N=C(\c2cccc(-c3ccccc3-c3cccc(-c4nc(-c5ccc(-c6ccccc6)cc5)nc(-c5ccc(-c6ccccc6)cc5)n4)c3)c2)CC1. The largest absolute Gasteiger partial charge is 0.232 e. The standard InChI is InChI=1S/C76H55N5/c1-52-32-49-71(77-73(62-43-35-58(36-44-62)54-20-8-3-9-21-54)78-72(52)61-41-33-57(34-42-61)53-18-6-2-7-19-53)67-28-16-26-65(50-67)69-30-14-15-31-70(69)66-27-17-29-68(51-66)76-80-74(63-45-37-59(38-46-63)55-22-10-4-11-23-55)79-75(81-76)64-47-39-60(40-48-64)56-24-12-5-13-25-56/h2-31,33-48,50-51H,32,49H2,1H3/b72-52-,77-71+,78-73-.